The lowest BCUT2D eigenvalue weighted by atomic mass is 10.1. The van der Waals surface area contributed by atoms with Gasteiger partial charge in [0.1, 0.15) is 0 Å². The number of fused-ring (bicyclic) bond motifs is 1. The van der Waals surface area contributed by atoms with Crippen molar-refractivity contribution in [3.63, 3.8) is 0 Å². The average Bonchev–Trinajstić information content (AvgIpc) is 2.19. The molecule has 0 saturated heterocycles. The molecule has 0 unspecified atom stereocenters. The summed E-state index contributed by atoms with van der Waals surface area (Å²) in [6.07, 6.45) is 1.53. The molecule has 1 aromatic heterocycles. The van der Waals surface area contributed by atoms with Crippen molar-refractivity contribution < 1.29 is 4.79 Å². The molecule has 0 atom stereocenters. The molecule has 0 saturated carbocycles. The fourth-order valence-electron chi connectivity index (χ4n) is 1.52. The highest BCUT2D eigenvalue weighted by Gasteiger charge is 2.09. The maximum absolute atomic E-state index is 11.3. The van der Waals surface area contributed by atoms with Crippen LogP contribution in [0.5, 0.6) is 0 Å². The van der Waals surface area contributed by atoms with E-state index in [0.717, 1.165) is 16.5 Å². The zero-order chi connectivity index (χ0) is 11.0. The Morgan fingerprint density at radius 1 is 1.40 bits per heavy atom. The van der Waals surface area contributed by atoms with Gasteiger partial charge in [0.2, 0.25) is 0 Å². The number of ketones is 1. The number of carbonyl (C=O) groups excluding carboxylic acids is 1. The number of pyridine rings is 1. The molecule has 0 radical (unpaired) electrons. The number of halogens is 1. The molecule has 3 heteroatoms. The van der Waals surface area contributed by atoms with Crippen molar-refractivity contribution in [2.75, 3.05) is 0 Å². The standard InChI is InChI=1S/C12H10ClNO/c1-7-3-4-11-9(5-7)12(13)10(6-14-11)8(2)15/h3-6H,1-2H3. The first-order valence-corrected chi connectivity index (χ1v) is 5.03. The van der Waals surface area contributed by atoms with Gasteiger partial charge < -0.3 is 0 Å². The second-order valence-electron chi connectivity index (χ2n) is 3.56. The largest absolute Gasteiger partial charge is 0.294 e. The van der Waals surface area contributed by atoms with E-state index < -0.39 is 0 Å². The minimum atomic E-state index is -0.0593. The number of benzene rings is 1. The Morgan fingerprint density at radius 3 is 2.80 bits per heavy atom. The summed E-state index contributed by atoms with van der Waals surface area (Å²) in [5.74, 6) is -0.0593. The first-order chi connectivity index (χ1) is 7.09. The number of nitrogens with zero attached hydrogens (tertiary/aromatic N) is 1. The molecular weight excluding hydrogens is 210 g/mol. The number of aryl methyl sites for hydroxylation is 1. The fourth-order valence-corrected chi connectivity index (χ4v) is 1.85. The van der Waals surface area contributed by atoms with E-state index in [1.165, 1.54) is 13.1 Å². The van der Waals surface area contributed by atoms with E-state index in [1.54, 1.807) is 0 Å². The summed E-state index contributed by atoms with van der Waals surface area (Å²) in [5, 5.41) is 1.33. The van der Waals surface area contributed by atoms with Crippen LogP contribution in [0.25, 0.3) is 10.9 Å². The number of Topliss-reactive ketones (excluding diaryl/α,β-unsaturated/α-hetero) is 1. The van der Waals surface area contributed by atoms with Gasteiger partial charge in [0.05, 0.1) is 16.1 Å². The van der Waals surface area contributed by atoms with Gasteiger partial charge in [-0.2, -0.15) is 0 Å². The minimum Gasteiger partial charge on any atom is -0.294 e. The van der Waals surface area contributed by atoms with Crippen molar-refractivity contribution in [1.29, 1.82) is 0 Å². The molecule has 1 aromatic carbocycles. The van der Waals surface area contributed by atoms with Crippen LogP contribution in [-0.2, 0) is 0 Å². The zero-order valence-electron chi connectivity index (χ0n) is 8.54. The molecule has 76 valence electrons. The van der Waals surface area contributed by atoms with E-state index in [2.05, 4.69) is 4.98 Å². The lowest BCUT2D eigenvalue weighted by molar-refractivity contribution is 0.101. The van der Waals surface area contributed by atoms with Crippen molar-refractivity contribution in [2.24, 2.45) is 0 Å². The maximum atomic E-state index is 11.3. The van der Waals surface area contributed by atoms with Gasteiger partial charge in [-0.25, -0.2) is 0 Å². The Morgan fingerprint density at radius 2 is 2.13 bits per heavy atom. The van der Waals surface area contributed by atoms with Crippen LogP contribution in [0.4, 0.5) is 0 Å². The fraction of sp³-hybridized carbons (Fsp3) is 0.167. The SMILES string of the molecule is CC(=O)c1cnc2ccc(C)cc2c1Cl. The summed E-state index contributed by atoms with van der Waals surface area (Å²) < 4.78 is 0. The van der Waals surface area contributed by atoms with Crippen LogP contribution >= 0.6 is 11.6 Å². The molecule has 15 heavy (non-hydrogen) atoms. The predicted molar refractivity (Wildman–Crippen MR) is 61.5 cm³/mol. The third kappa shape index (κ3) is 1.73. The van der Waals surface area contributed by atoms with Gasteiger partial charge in [0, 0.05) is 11.6 Å². The summed E-state index contributed by atoms with van der Waals surface area (Å²) in [7, 11) is 0. The molecule has 2 aromatic rings. The number of hydrogen-bond acceptors (Lipinski definition) is 2. The second kappa shape index (κ2) is 3.63. The molecule has 1 heterocycles. The zero-order valence-corrected chi connectivity index (χ0v) is 9.30. The van der Waals surface area contributed by atoms with E-state index in [0.29, 0.717) is 10.6 Å². The van der Waals surface area contributed by atoms with E-state index >= 15 is 0 Å². The van der Waals surface area contributed by atoms with Crippen LogP contribution < -0.4 is 0 Å². The maximum Gasteiger partial charge on any atom is 0.162 e. The summed E-state index contributed by atoms with van der Waals surface area (Å²) in [6.45, 7) is 3.47. The molecule has 0 N–H and O–H groups in total. The monoisotopic (exact) mass is 219 g/mol. The first kappa shape index (κ1) is 10.1. The van der Waals surface area contributed by atoms with Crippen molar-refractivity contribution in [2.45, 2.75) is 13.8 Å². The normalized spacial score (nSPS) is 10.6. The molecule has 0 bridgehead atoms. The Labute approximate surface area is 92.9 Å². The highest BCUT2D eigenvalue weighted by Crippen LogP contribution is 2.26. The molecule has 0 aliphatic rings. The van der Waals surface area contributed by atoms with E-state index in [1.807, 2.05) is 25.1 Å². The van der Waals surface area contributed by atoms with Crippen LogP contribution in [0, 0.1) is 6.92 Å². The minimum absolute atomic E-state index is 0.0593. The van der Waals surface area contributed by atoms with Crippen LogP contribution in [0.1, 0.15) is 22.8 Å². The highest BCUT2D eigenvalue weighted by atomic mass is 35.5. The van der Waals surface area contributed by atoms with Gasteiger partial charge in [-0.15, -0.1) is 0 Å². The van der Waals surface area contributed by atoms with Crippen molar-refractivity contribution >= 4 is 28.3 Å². The number of rotatable bonds is 1. The van der Waals surface area contributed by atoms with E-state index in [9.17, 15) is 4.79 Å². The molecular formula is C12H10ClNO. The van der Waals surface area contributed by atoms with Gasteiger partial charge in [0.25, 0.3) is 0 Å². The predicted octanol–water partition coefficient (Wildman–Crippen LogP) is 3.40. The van der Waals surface area contributed by atoms with Crippen molar-refractivity contribution in [3.05, 3.63) is 40.5 Å². The number of carbonyl (C=O) groups is 1. The van der Waals surface area contributed by atoms with Crippen molar-refractivity contribution in [1.82, 2.24) is 4.98 Å². The van der Waals surface area contributed by atoms with Gasteiger partial charge in [0.15, 0.2) is 5.78 Å². The van der Waals surface area contributed by atoms with Gasteiger partial charge in [-0.05, 0) is 26.0 Å². The van der Waals surface area contributed by atoms with Gasteiger partial charge >= 0.3 is 0 Å². The summed E-state index contributed by atoms with van der Waals surface area (Å²) in [6, 6.07) is 5.82. The molecule has 0 aliphatic carbocycles. The average molecular weight is 220 g/mol. The quantitative estimate of drug-likeness (QED) is 0.688. The Bertz CT molecular complexity index is 549. The van der Waals surface area contributed by atoms with Crippen LogP contribution in [0.15, 0.2) is 24.4 Å². The van der Waals surface area contributed by atoms with E-state index in [4.69, 9.17) is 11.6 Å². The summed E-state index contributed by atoms with van der Waals surface area (Å²) in [4.78, 5) is 15.5. The smallest absolute Gasteiger partial charge is 0.162 e. The highest BCUT2D eigenvalue weighted by molar-refractivity contribution is 6.38. The second-order valence-corrected chi connectivity index (χ2v) is 3.94. The van der Waals surface area contributed by atoms with Crippen LogP contribution in [0.2, 0.25) is 5.02 Å². The third-order valence-corrected chi connectivity index (χ3v) is 2.74. The molecule has 2 rings (SSSR count). The number of aromatic nitrogens is 1. The van der Waals surface area contributed by atoms with Gasteiger partial charge in [-0.1, -0.05) is 23.2 Å². The van der Waals surface area contributed by atoms with E-state index in [-0.39, 0.29) is 5.78 Å². The lowest BCUT2D eigenvalue weighted by Gasteiger charge is -2.04. The van der Waals surface area contributed by atoms with Crippen LogP contribution in [-0.4, -0.2) is 10.8 Å². The topological polar surface area (TPSA) is 30.0 Å². The molecule has 0 fully saturated rings. The summed E-state index contributed by atoms with van der Waals surface area (Å²) >= 11 is 6.15. The Hall–Kier alpha value is -1.41. The Kier molecular flexibility index (Phi) is 2.45. The number of hydrogen-bond donors (Lipinski definition) is 0. The lowest BCUT2D eigenvalue weighted by Crippen LogP contribution is -1.95. The first-order valence-electron chi connectivity index (χ1n) is 4.65. The molecule has 0 amide bonds. The third-order valence-electron chi connectivity index (χ3n) is 2.34. The van der Waals surface area contributed by atoms with Crippen LogP contribution in [0.3, 0.4) is 0 Å². The van der Waals surface area contributed by atoms with Crippen molar-refractivity contribution in [3.8, 4) is 0 Å². The molecule has 0 spiro atoms. The molecule has 0 aliphatic heterocycles. The Balaban J connectivity index is 2.82. The van der Waals surface area contributed by atoms with Gasteiger partial charge in [-0.3, -0.25) is 9.78 Å². The summed E-state index contributed by atoms with van der Waals surface area (Å²) in [5.41, 5.74) is 2.40. The molecule has 2 nitrogen and oxygen atoms in total.